The molecule has 3 fully saturated rings. The molecule has 1 N–H and O–H groups in total. The van der Waals surface area contributed by atoms with Crippen molar-refractivity contribution in [1.82, 2.24) is 4.48 Å². The van der Waals surface area contributed by atoms with Crippen LogP contribution in [0.2, 0.25) is 0 Å². The van der Waals surface area contributed by atoms with Crippen molar-refractivity contribution in [2.45, 2.75) is 18.3 Å². The van der Waals surface area contributed by atoms with Crippen molar-refractivity contribution in [3.63, 3.8) is 0 Å². The summed E-state index contributed by atoms with van der Waals surface area (Å²) in [4.78, 5) is 0. The molecule has 1 aromatic rings. The van der Waals surface area contributed by atoms with E-state index in [1.54, 1.807) is 12.1 Å². The summed E-state index contributed by atoms with van der Waals surface area (Å²) in [6.45, 7) is 5.46. The molecule has 0 saturated carbocycles. The van der Waals surface area contributed by atoms with Crippen LogP contribution in [0.1, 0.15) is 0 Å². The van der Waals surface area contributed by atoms with E-state index in [0.717, 1.165) is 43.9 Å². The molecule has 0 spiro atoms. The van der Waals surface area contributed by atoms with Gasteiger partial charge in [-0.1, -0.05) is 0 Å². The largest absolute Gasteiger partial charge is 0.508 e. The molecule has 0 aromatic heterocycles. The zero-order valence-electron chi connectivity index (χ0n) is 11.4. The van der Waals surface area contributed by atoms with E-state index in [1.807, 2.05) is 12.1 Å². The van der Waals surface area contributed by atoms with E-state index in [9.17, 15) is 5.11 Å². The number of hydrogen-bond donors (Lipinski definition) is 1. The second kappa shape index (κ2) is 4.70. The smallest absolute Gasteiger partial charge is 0.133 e. The lowest BCUT2D eigenvalue weighted by molar-refractivity contribution is 0.203. The van der Waals surface area contributed by atoms with Gasteiger partial charge in [0.15, 0.2) is 0 Å². The number of rotatable bonds is 7. The van der Waals surface area contributed by atoms with Crippen molar-refractivity contribution in [2.24, 2.45) is 0 Å². The van der Waals surface area contributed by atoms with E-state index in [4.69, 9.17) is 14.2 Å². The maximum Gasteiger partial charge on any atom is 0.133 e. The Morgan fingerprint density at radius 3 is 1.60 bits per heavy atom. The van der Waals surface area contributed by atoms with E-state index in [-0.39, 0.29) is 0 Å². The van der Waals surface area contributed by atoms with Crippen LogP contribution in [0.4, 0.5) is 5.69 Å². The Bertz CT molecular complexity index is 441. The highest BCUT2D eigenvalue weighted by molar-refractivity contribution is 5.46. The van der Waals surface area contributed by atoms with Crippen molar-refractivity contribution in [3.05, 3.63) is 24.3 Å². The van der Waals surface area contributed by atoms with Crippen LogP contribution < -0.4 is 4.48 Å². The van der Waals surface area contributed by atoms with Crippen molar-refractivity contribution >= 4 is 5.69 Å². The molecule has 4 rings (SSSR count). The monoisotopic (exact) mass is 278 g/mol. The van der Waals surface area contributed by atoms with E-state index >= 15 is 0 Å². The van der Waals surface area contributed by atoms with Gasteiger partial charge in [0.05, 0.1) is 19.8 Å². The number of hydrogen-bond acceptors (Lipinski definition) is 4. The van der Waals surface area contributed by atoms with Crippen molar-refractivity contribution in [2.75, 3.05) is 39.5 Å². The van der Waals surface area contributed by atoms with Gasteiger partial charge in [0, 0.05) is 12.1 Å². The van der Waals surface area contributed by atoms with Gasteiger partial charge in [-0.2, -0.15) is 0 Å². The Balaban J connectivity index is 1.64. The molecule has 1 aromatic carbocycles. The maximum absolute atomic E-state index is 9.52. The summed E-state index contributed by atoms with van der Waals surface area (Å²) in [5.41, 5.74) is 1.21. The van der Waals surface area contributed by atoms with Gasteiger partial charge in [-0.05, 0) is 12.1 Å². The molecule has 3 aliphatic rings. The third kappa shape index (κ3) is 2.81. The Labute approximate surface area is 118 Å². The fourth-order valence-corrected chi connectivity index (χ4v) is 3.00. The third-order valence-electron chi connectivity index (χ3n) is 4.26. The summed E-state index contributed by atoms with van der Waals surface area (Å²) >= 11 is 0. The number of phenols is 1. The van der Waals surface area contributed by atoms with Crippen molar-refractivity contribution in [3.8, 4) is 5.75 Å². The van der Waals surface area contributed by atoms with Crippen LogP contribution in [0.15, 0.2) is 24.3 Å². The highest BCUT2D eigenvalue weighted by atomic mass is 16.6. The van der Waals surface area contributed by atoms with Crippen LogP contribution in [0, 0.1) is 0 Å². The molecule has 0 radical (unpaired) electrons. The fourth-order valence-electron chi connectivity index (χ4n) is 3.00. The van der Waals surface area contributed by atoms with Gasteiger partial charge < -0.3 is 19.3 Å². The minimum Gasteiger partial charge on any atom is -0.508 e. The lowest BCUT2D eigenvalue weighted by Crippen LogP contribution is -2.56. The SMILES string of the molecule is Oc1ccc([N+](CC2CO2)(CC2CO2)CC2CO2)cc1. The molecule has 5 nitrogen and oxygen atoms in total. The summed E-state index contributed by atoms with van der Waals surface area (Å²) in [5.74, 6) is 0.305. The minimum atomic E-state index is 0.305. The predicted molar refractivity (Wildman–Crippen MR) is 73.7 cm³/mol. The lowest BCUT2D eigenvalue weighted by Gasteiger charge is -2.37. The Morgan fingerprint density at radius 1 is 0.850 bits per heavy atom. The average molecular weight is 278 g/mol. The van der Waals surface area contributed by atoms with E-state index in [0.29, 0.717) is 24.1 Å². The molecule has 0 amide bonds. The molecular formula is C15H20NO4+. The molecule has 3 heterocycles. The second-order valence-electron chi connectivity index (χ2n) is 6.08. The fraction of sp³-hybridized carbons (Fsp3) is 0.600. The molecule has 3 atom stereocenters. The van der Waals surface area contributed by atoms with E-state index < -0.39 is 0 Å². The van der Waals surface area contributed by atoms with Crippen LogP contribution >= 0.6 is 0 Å². The van der Waals surface area contributed by atoms with E-state index in [2.05, 4.69) is 0 Å². The molecule has 5 heteroatoms. The summed E-state index contributed by atoms with van der Waals surface area (Å²) in [5, 5.41) is 9.52. The number of epoxide rings is 3. The summed E-state index contributed by atoms with van der Waals surface area (Å²) < 4.78 is 17.2. The van der Waals surface area contributed by atoms with Crippen molar-refractivity contribution in [1.29, 1.82) is 0 Å². The van der Waals surface area contributed by atoms with Crippen LogP contribution in [-0.4, -0.2) is 62.9 Å². The maximum atomic E-state index is 9.52. The number of phenolic OH excluding ortho intramolecular Hbond substituents is 1. The first kappa shape index (κ1) is 12.6. The highest BCUT2D eigenvalue weighted by Gasteiger charge is 2.47. The number of benzene rings is 1. The standard InChI is InChI=1S/C15H19NO4/c17-12-3-1-11(2-4-12)16(5-13-8-18-13,6-14-9-19-14)7-15-10-20-15/h1-4,13-15H,5-10H2/p+1. The van der Waals surface area contributed by atoms with Gasteiger partial charge >= 0.3 is 0 Å². The molecule has 3 saturated heterocycles. The summed E-state index contributed by atoms with van der Waals surface area (Å²) in [6, 6.07) is 7.56. The molecule has 3 aliphatic heterocycles. The Morgan fingerprint density at radius 2 is 1.25 bits per heavy atom. The van der Waals surface area contributed by atoms with Gasteiger partial charge in [-0.25, -0.2) is 0 Å². The number of aromatic hydroxyl groups is 1. The first-order chi connectivity index (χ1) is 9.73. The molecule has 20 heavy (non-hydrogen) atoms. The molecule has 0 aliphatic carbocycles. The quantitative estimate of drug-likeness (QED) is 0.594. The average Bonchev–Trinajstić information content (AvgIpc) is 3.24. The number of quaternary nitrogens is 1. The normalized spacial score (nSPS) is 33.5. The predicted octanol–water partition coefficient (Wildman–Crippen LogP) is 0.896. The first-order valence-corrected chi connectivity index (χ1v) is 7.24. The molecule has 3 unspecified atom stereocenters. The molecule has 108 valence electrons. The Kier molecular flexibility index (Phi) is 2.96. The zero-order valence-corrected chi connectivity index (χ0v) is 11.4. The van der Waals surface area contributed by atoms with Gasteiger partial charge in [0.25, 0.3) is 0 Å². The molecular weight excluding hydrogens is 258 g/mol. The number of ether oxygens (including phenoxy) is 3. The van der Waals surface area contributed by atoms with Crippen molar-refractivity contribution < 1.29 is 19.3 Å². The van der Waals surface area contributed by atoms with Crippen LogP contribution in [-0.2, 0) is 14.2 Å². The first-order valence-electron chi connectivity index (χ1n) is 7.24. The van der Waals surface area contributed by atoms with Gasteiger partial charge in [-0.3, -0.25) is 4.48 Å². The topological polar surface area (TPSA) is 57.8 Å². The summed E-state index contributed by atoms with van der Waals surface area (Å²) in [7, 11) is 0. The van der Waals surface area contributed by atoms with Gasteiger partial charge in [0.2, 0.25) is 0 Å². The van der Waals surface area contributed by atoms with Crippen LogP contribution in [0.3, 0.4) is 0 Å². The van der Waals surface area contributed by atoms with Gasteiger partial charge in [0.1, 0.15) is 49.4 Å². The van der Waals surface area contributed by atoms with Gasteiger partial charge in [-0.15, -0.1) is 0 Å². The summed E-state index contributed by atoms with van der Waals surface area (Å²) in [6.07, 6.45) is 1.05. The highest BCUT2D eigenvalue weighted by Crippen LogP contribution is 2.33. The lowest BCUT2D eigenvalue weighted by atomic mass is 10.1. The van der Waals surface area contributed by atoms with E-state index in [1.165, 1.54) is 5.69 Å². The number of nitrogens with zero attached hydrogens (tertiary/aromatic N) is 1. The van der Waals surface area contributed by atoms with Crippen LogP contribution in [0.25, 0.3) is 0 Å². The minimum absolute atomic E-state index is 0.305. The second-order valence-corrected chi connectivity index (χ2v) is 6.08. The zero-order chi connectivity index (χ0) is 13.6. The Hall–Kier alpha value is -1.14. The van der Waals surface area contributed by atoms with Crippen LogP contribution in [0.5, 0.6) is 5.75 Å². The third-order valence-corrected chi connectivity index (χ3v) is 4.26. The molecule has 0 bridgehead atoms.